The predicted molar refractivity (Wildman–Crippen MR) is 77.0 cm³/mol. The third-order valence-corrected chi connectivity index (χ3v) is 2.57. The summed E-state index contributed by atoms with van der Waals surface area (Å²) in [7, 11) is 1.63. The molecule has 0 aliphatic rings. The van der Waals surface area contributed by atoms with Gasteiger partial charge in [-0.1, -0.05) is 0 Å². The zero-order valence-corrected chi connectivity index (χ0v) is 11.1. The van der Waals surface area contributed by atoms with Gasteiger partial charge >= 0.3 is 0 Å². The second-order valence-electron chi connectivity index (χ2n) is 3.98. The van der Waals surface area contributed by atoms with Crippen molar-refractivity contribution in [1.29, 1.82) is 5.26 Å². The van der Waals surface area contributed by atoms with Gasteiger partial charge in [-0.25, -0.2) is 9.97 Å². The van der Waals surface area contributed by atoms with Gasteiger partial charge in [-0.05, 0) is 24.3 Å². The number of aromatic nitrogens is 2. The second-order valence-corrected chi connectivity index (χ2v) is 3.98. The molecule has 0 bridgehead atoms. The Labute approximate surface area is 117 Å². The number of rotatable bonds is 6. The lowest BCUT2D eigenvalue weighted by molar-refractivity contribution is 0.415. The maximum Gasteiger partial charge on any atom is 0.135 e. The molecular formula is C14H15N5O. The number of nitrogens with zero attached hydrogens (tertiary/aromatic N) is 3. The van der Waals surface area contributed by atoms with Gasteiger partial charge in [-0.15, -0.1) is 0 Å². The highest BCUT2D eigenvalue weighted by Crippen LogP contribution is 2.19. The first kappa shape index (κ1) is 13.6. The van der Waals surface area contributed by atoms with Crippen LogP contribution in [-0.4, -0.2) is 23.6 Å². The minimum absolute atomic E-state index is 0.436. The number of hydrogen-bond donors (Lipinski definition) is 2. The lowest BCUT2D eigenvalue weighted by Crippen LogP contribution is -2.03. The van der Waals surface area contributed by atoms with E-state index in [0.29, 0.717) is 24.6 Å². The first-order valence-corrected chi connectivity index (χ1v) is 6.16. The highest BCUT2D eigenvalue weighted by molar-refractivity contribution is 5.59. The normalized spacial score (nSPS) is 9.60. The first-order valence-electron chi connectivity index (χ1n) is 6.16. The Morgan fingerprint density at radius 2 is 1.95 bits per heavy atom. The van der Waals surface area contributed by atoms with Gasteiger partial charge in [0.05, 0.1) is 19.6 Å². The Kier molecular flexibility index (Phi) is 4.73. The highest BCUT2D eigenvalue weighted by atomic mass is 16.5. The molecule has 0 saturated carbocycles. The maximum atomic E-state index is 8.49. The molecule has 0 fully saturated rings. The summed E-state index contributed by atoms with van der Waals surface area (Å²) in [5, 5.41) is 14.7. The smallest absolute Gasteiger partial charge is 0.135 e. The second kappa shape index (κ2) is 6.95. The Morgan fingerprint density at radius 3 is 2.65 bits per heavy atom. The molecular weight excluding hydrogens is 254 g/mol. The van der Waals surface area contributed by atoms with Crippen molar-refractivity contribution in [2.24, 2.45) is 0 Å². The van der Waals surface area contributed by atoms with Crippen LogP contribution in [0.3, 0.4) is 0 Å². The Morgan fingerprint density at radius 1 is 1.20 bits per heavy atom. The summed E-state index contributed by atoms with van der Waals surface area (Å²) in [5.74, 6) is 2.17. The molecule has 0 atom stereocenters. The van der Waals surface area contributed by atoms with Crippen LogP contribution in [0.15, 0.2) is 36.7 Å². The summed E-state index contributed by atoms with van der Waals surface area (Å²) in [6.45, 7) is 0.565. The van der Waals surface area contributed by atoms with Crippen LogP contribution < -0.4 is 15.4 Å². The fourth-order valence-corrected chi connectivity index (χ4v) is 1.59. The van der Waals surface area contributed by atoms with Crippen LogP contribution in [0.2, 0.25) is 0 Å². The van der Waals surface area contributed by atoms with Crippen LogP contribution in [0, 0.1) is 11.3 Å². The molecule has 6 nitrogen and oxygen atoms in total. The molecule has 0 unspecified atom stereocenters. The lowest BCUT2D eigenvalue weighted by atomic mass is 10.3. The van der Waals surface area contributed by atoms with Gasteiger partial charge in [-0.3, -0.25) is 0 Å². The van der Waals surface area contributed by atoms with E-state index in [0.717, 1.165) is 11.4 Å². The molecule has 0 aliphatic heterocycles. The van der Waals surface area contributed by atoms with E-state index in [1.54, 1.807) is 13.2 Å². The Bertz CT molecular complexity index is 591. The highest BCUT2D eigenvalue weighted by Gasteiger charge is 2.00. The average molecular weight is 269 g/mol. The zero-order valence-electron chi connectivity index (χ0n) is 11.1. The van der Waals surface area contributed by atoms with Crippen molar-refractivity contribution in [1.82, 2.24) is 9.97 Å². The standard InChI is InChI=1S/C14H15N5O/c1-20-12-5-3-11(4-6-12)19-14-9-13(17-10-18-14)16-8-2-7-15/h3-6,9-10H,2,8H2,1H3,(H2,16,17,18,19). The molecule has 2 aromatic rings. The number of nitriles is 1. The molecule has 0 amide bonds. The van der Waals surface area contributed by atoms with Crippen molar-refractivity contribution in [3.8, 4) is 11.8 Å². The van der Waals surface area contributed by atoms with Crippen LogP contribution >= 0.6 is 0 Å². The van der Waals surface area contributed by atoms with Crippen LogP contribution in [0.1, 0.15) is 6.42 Å². The van der Waals surface area contributed by atoms with Crippen molar-refractivity contribution >= 4 is 17.3 Å². The third-order valence-electron chi connectivity index (χ3n) is 2.57. The van der Waals surface area contributed by atoms with Crippen LogP contribution in [0.4, 0.5) is 17.3 Å². The lowest BCUT2D eigenvalue weighted by Gasteiger charge is -2.08. The van der Waals surface area contributed by atoms with Gasteiger partial charge in [-0.2, -0.15) is 5.26 Å². The van der Waals surface area contributed by atoms with E-state index in [1.165, 1.54) is 6.33 Å². The van der Waals surface area contributed by atoms with Gasteiger partial charge in [0.15, 0.2) is 0 Å². The van der Waals surface area contributed by atoms with Gasteiger partial charge in [0.25, 0.3) is 0 Å². The molecule has 0 radical (unpaired) electrons. The van der Waals surface area contributed by atoms with Crippen molar-refractivity contribution in [2.75, 3.05) is 24.3 Å². The summed E-state index contributed by atoms with van der Waals surface area (Å²) in [6, 6.07) is 11.4. The number of hydrogen-bond acceptors (Lipinski definition) is 6. The first-order chi connectivity index (χ1) is 9.81. The number of benzene rings is 1. The van der Waals surface area contributed by atoms with Crippen molar-refractivity contribution in [2.45, 2.75) is 6.42 Å². The topological polar surface area (TPSA) is 82.9 Å². The van der Waals surface area contributed by atoms with Crippen molar-refractivity contribution in [3.63, 3.8) is 0 Å². The Hall–Kier alpha value is -2.81. The van der Waals surface area contributed by atoms with Gasteiger partial charge < -0.3 is 15.4 Å². The van der Waals surface area contributed by atoms with E-state index in [9.17, 15) is 0 Å². The number of nitrogens with one attached hydrogen (secondary N) is 2. The fraction of sp³-hybridized carbons (Fsp3) is 0.214. The zero-order chi connectivity index (χ0) is 14.2. The van der Waals surface area contributed by atoms with E-state index in [2.05, 4.69) is 26.7 Å². The van der Waals surface area contributed by atoms with Crippen LogP contribution in [0.5, 0.6) is 5.75 Å². The fourth-order valence-electron chi connectivity index (χ4n) is 1.59. The summed E-state index contributed by atoms with van der Waals surface area (Å²) in [5.41, 5.74) is 0.910. The molecule has 0 saturated heterocycles. The summed E-state index contributed by atoms with van der Waals surface area (Å²) in [6.07, 6.45) is 1.91. The van der Waals surface area contributed by atoms with Crippen LogP contribution in [0.25, 0.3) is 0 Å². The molecule has 0 aliphatic carbocycles. The van der Waals surface area contributed by atoms with E-state index in [-0.39, 0.29) is 0 Å². The molecule has 1 heterocycles. The van der Waals surface area contributed by atoms with Crippen LogP contribution in [-0.2, 0) is 0 Å². The summed E-state index contributed by atoms with van der Waals surface area (Å²) >= 11 is 0. The quantitative estimate of drug-likeness (QED) is 0.784. The predicted octanol–water partition coefficient (Wildman–Crippen LogP) is 2.55. The molecule has 2 rings (SSSR count). The molecule has 1 aromatic carbocycles. The molecule has 1 aromatic heterocycles. The summed E-state index contributed by atoms with van der Waals surface area (Å²) in [4.78, 5) is 8.24. The number of anilines is 3. The van der Waals surface area contributed by atoms with Gasteiger partial charge in [0.2, 0.25) is 0 Å². The van der Waals surface area contributed by atoms with Crippen molar-refractivity contribution < 1.29 is 4.74 Å². The monoisotopic (exact) mass is 269 g/mol. The molecule has 6 heteroatoms. The number of ether oxygens (including phenoxy) is 1. The molecule has 20 heavy (non-hydrogen) atoms. The van der Waals surface area contributed by atoms with Gasteiger partial charge in [0, 0.05) is 18.3 Å². The van der Waals surface area contributed by atoms with E-state index in [1.807, 2.05) is 24.3 Å². The maximum absolute atomic E-state index is 8.49. The minimum atomic E-state index is 0.436. The van der Waals surface area contributed by atoms with Gasteiger partial charge in [0.1, 0.15) is 23.7 Å². The van der Waals surface area contributed by atoms with E-state index < -0.39 is 0 Å². The average Bonchev–Trinajstić information content (AvgIpc) is 2.49. The van der Waals surface area contributed by atoms with E-state index in [4.69, 9.17) is 10.00 Å². The SMILES string of the molecule is COc1ccc(Nc2cc(NCCC#N)ncn2)cc1. The minimum Gasteiger partial charge on any atom is -0.497 e. The largest absolute Gasteiger partial charge is 0.497 e. The summed E-state index contributed by atoms with van der Waals surface area (Å²) < 4.78 is 5.10. The third kappa shape index (κ3) is 3.85. The molecule has 0 spiro atoms. The molecule has 2 N–H and O–H groups in total. The number of methoxy groups -OCH3 is 1. The van der Waals surface area contributed by atoms with Crippen molar-refractivity contribution in [3.05, 3.63) is 36.7 Å². The molecule has 102 valence electrons. The van der Waals surface area contributed by atoms with E-state index >= 15 is 0 Å². The Balaban J connectivity index is 2.01.